The molecule has 0 amide bonds. The summed E-state index contributed by atoms with van der Waals surface area (Å²) in [5, 5.41) is 19.1. The Morgan fingerprint density at radius 1 is 1.44 bits per heavy atom. The fourth-order valence-electron chi connectivity index (χ4n) is 3.83. The van der Waals surface area contributed by atoms with Crippen LogP contribution in [0.5, 0.6) is 0 Å². The third-order valence-corrected chi connectivity index (χ3v) is 5.43. The minimum atomic E-state index is -0.703. The Morgan fingerprint density at radius 3 is 2.67 bits per heavy atom. The minimum Gasteiger partial charge on any atom is -0.481 e. The van der Waals surface area contributed by atoms with Crippen molar-refractivity contribution in [3.63, 3.8) is 0 Å². The monoisotopic (exact) mass is 252 g/mol. The molecule has 0 aromatic carbocycles. The average Bonchev–Trinajstić information content (AvgIpc) is 2.33. The van der Waals surface area contributed by atoms with Crippen LogP contribution in [0, 0.1) is 23.2 Å². The van der Waals surface area contributed by atoms with Gasteiger partial charge < -0.3 is 10.2 Å². The number of carboxylic acids is 1. The first-order chi connectivity index (χ1) is 8.35. The van der Waals surface area contributed by atoms with E-state index in [1.54, 1.807) is 6.92 Å². The maximum Gasteiger partial charge on any atom is 0.306 e. The third-order valence-electron chi connectivity index (χ3n) is 5.43. The van der Waals surface area contributed by atoms with Gasteiger partial charge in [-0.05, 0) is 54.9 Å². The molecular formula is C15H24O3. The number of aliphatic hydroxyl groups is 1. The van der Waals surface area contributed by atoms with Crippen molar-refractivity contribution in [2.24, 2.45) is 23.2 Å². The number of hydrogen-bond donors (Lipinski definition) is 2. The highest BCUT2D eigenvalue weighted by molar-refractivity contribution is 5.69. The molecule has 2 fully saturated rings. The van der Waals surface area contributed by atoms with Crippen molar-refractivity contribution < 1.29 is 15.0 Å². The standard InChI is InChI=1S/C15H24O3/c1-9(14(17)18)11-4-6-15(3)7-5-13(16)10(2)12(15)8-11/h9,11-13,16H,2,4-8H2,1,3H3,(H,17,18)/t9-,11+,12+,13-,15-/m0/s1. The van der Waals surface area contributed by atoms with E-state index in [1.165, 1.54) is 0 Å². The molecule has 0 bridgehead atoms. The first kappa shape index (κ1) is 13.6. The molecule has 0 spiro atoms. The minimum absolute atomic E-state index is 0.225. The lowest BCUT2D eigenvalue weighted by Crippen LogP contribution is -2.44. The van der Waals surface area contributed by atoms with Crippen LogP contribution in [0.2, 0.25) is 0 Å². The van der Waals surface area contributed by atoms with Crippen LogP contribution in [0.15, 0.2) is 12.2 Å². The molecule has 3 nitrogen and oxygen atoms in total. The number of carboxylic acid groups (broad SMARTS) is 1. The van der Waals surface area contributed by atoms with Gasteiger partial charge in [-0.2, -0.15) is 0 Å². The zero-order valence-electron chi connectivity index (χ0n) is 11.4. The zero-order chi connectivity index (χ0) is 13.5. The van der Waals surface area contributed by atoms with Crippen molar-refractivity contribution >= 4 is 5.97 Å². The summed E-state index contributed by atoms with van der Waals surface area (Å²) in [5.74, 6) is -0.476. The number of aliphatic carboxylic acids is 1. The van der Waals surface area contributed by atoms with Gasteiger partial charge in [0.1, 0.15) is 0 Å². The highest BCUT2D eigenvalue weighted by Crippen LogP contribution is 2.54. The Bertz CT molecular complexity index is 363. The maximum absolute atomic E-state index is 11.1. The van der Waals surface area contributed by atoms with Gasteiger partial charge in [-0.25, -0.2) is 0 Å². The first-order valence-corrected chi connectivity index (χ1v) is 6.94. The van der Waals surface area contributed by atoms with Gasteiger partial charge in [-0.15, -0.1) is 0 Å². The summed E-state index contributed by atoms with van der Waals surface area (Å²) in [6, 6.07) is 0. The summed E-state index contributed by atoms with van der Waals surface area (Å²) >= 11 is 0. The summed E-state index contributed by atoms with van der Waals surface area (Å²) in [5.41, 5.74) is 1.16. The van der Waals surface area contributed by atoms with E-state index in [4.69, 9.17) is 5.11 Å². The summed E-state index contributed by atoms with van der Waals surface area (Å²) in [6.45, 7) is 8.14. The first-order valence-electron chi connectivity index (χ1n) is 6.94. The van der Waals surface area contributed by atoms with E-state index in [2.05, 4.69) is 13.5 Å². The second-order valence-electron chi connectivity index (χ2n) is 6.50. The maximum atomic E-state index is 11.1. The van der Waals surface area contributed by atoms with Gasteiger partial charge in [-0.3, -0.25) is 4.79 Å². The van der Waals surface area contributed by atoms with Crippen LogP contribution >= 0.6 is 0 Å². The fourth-order valence-corrected chi connectivity index (χ4v) is 3.83. The normalized spacial score (nSPS) is 42.2. The van der Waals surface area contributed by atoms with Gasteiger partial charge >= 0.3 is 5.97 Å². The molecule has 2 saturated carbocycles. The molecule has 2 aliphatic carbocycles. The number of hydrogen-bond acceptors (Lipinski definition) is 2. The predicted molar refractivity (Wildman–Crippen MR) is 70.1 cm³/mol. The van der Waals surface area contributed by atoms with Crippen LogP contribution in [0.4, 0.5) is 0 Å². The molecule has 18 heavy (non-hydrogen) atoms. The zero-order valence-corrected chi connectivity index (χ0v) is 11.4. The topological polar surface area (TPSA) is 57.5 Å². The van der Waals surface area contributed by atoms with Crippen LogP contribution in [-0.2, 0) is 4.79 Å². The van der Waals surface area contributed by atoms with Crippen molar-refractivity contribution in [1.82, 2.24) is 0 Å². The van der Waals surface area contributed by atoms with Crippen molar-refractivity contribution in [2.45, 2.75) is 52.1 Å². The van der Waals surface area contributed by atoms with E-state index < -0.39 is 5.97 Å². The van der Waals surface area contributed by atoms with Gasteiger partial charge in [0.25, 0.3) is 0 Å². The summed E-state index contributed by atoms with van der Waals surface area (Å²) in [6.07, 6.45) is 4.38. The van der Waals surface area contributed by atoms with Crippen LogP contribution in [0.25, 0.3) is 0 Å². The largest absolute Gasteiger partial charge is 0.481 e. The van der Waals surface area contributed by atoms with Crippen molar-refractivity contribution in [2.75, 3.05) is 0 Å². The SMILES string of the molecule is C=C1[C@H]2C[C@H]([C@H](C)C(=O)O)CC[C@@]2(C)CC[C@@H]1O. The molecule has 2 aliphatic rings. The molecular weight excluding hydrogens is 228 g/mol. The Labute approximate surface area is 109 Å². The van der Waals surface area contributed by atoms with Gasteiger partial charge in [0.15, 0.2) is 0 Å². The summed E-state index contributed by atoms with van der Waals surface area (Å²) in [4.78, 5) is 11.1. The molecule has 0 aromatic heterocycles. The van der Waals surface area contributed by atoms with Crippen molar-refractivity contribution in [3.05, 3.63) is 12.2 Å². The average molecular weight is 252 g/mol. The van der Waals surface area contributed by atoms with Crippen LogP contribution in [-0.4, -0.2) is 22.3 Å². The molecule has 0 unspecified atom stereocenters. The molecule has 0 heterocycles. The highest BCUT2D eigenvalue weighted by Gasteiger charge is 2.46. The highest BCUT2D eigenvalue weighted by atomic mass is 16.4. The quantitative estimate of drug-likeness (QED) is 0.743. The Hall–Kier alpha value is -0.830. The molecule has 0 aliphatic heterocycles. The van der Waals surface area contributed by atoms with Crippen LogP contribution < -0.4 is 0 Å². The lowest BCUT2D eigenvalue weighted by molar-refractivity contribution is -0.144. The van der Waals surface area contributed by atoms with E-state index in [-0.39, 0.29) is 23.4 Å². The number of rotatable bonds is 2. The van der Waals surface area contributed by atoms with E-state index in [0.29, 0.717) is 5.92 Å². The van der Waals surface area contributed by atoms with Crippen molar-refractivity contribution in [3.8, 4) is 0 Å². The molecule has 5 atom stereocenters. The smallest absolute Gasteiger partial charge is 0.306 e. The van der Waals surface area contributed by atoms with Crippen molar-refractivity contribution in [1.29, 1.82) is 0 Å². The third kappa shape index (κ3) is 2.20. The second-order valence-corrected chi connectivity index (χ2v) is 6.50. The molecule has 102 valence electrons. The summed E-state index contributed by atoms with van der Waals surface area (Å²) in [7, 11) is 0. The molecule has 3 heteroatoms. The molecule has 2 N–H and O–H groups in total. The fraction of sp³-hybridized carbons (Fsp3) is 0.800. The van der Waals surface area contributed by atoms with Gasteiger partial charge in [0.2, 0.25) is 0 Å². The molecule has 2 rings (SSSR count). The van der Waals surface area contributed by atoms with E-state index in [1.807, 2.05) is 0 Å². The van der Waals surface area contributed by atoms with Gasteiger partial charge in [0.05, 0.1) is 12.0 Å². The van der Waals surface area contributed by atoms with E-state index >= 15 is 0 Å². The predicted octanol–water partition coefficient (Wildman–Crippen LogP) is 2.84. The van der Waals surface area contributed by atoms with Crippen LogP contribution in [0.3, 0.4) is 0 Å². The Balaban J connectivity index is 2.15. The number of carbonyl (C=O) groups is 1. The van der Waals surface area contributed by atoms with Gasteiger partial charge in [-0.1, -0.05) is 20.4 Å². The molecule has 0 aromatic rings. The molecule has 0 radical (unpaired) electrons. The second kappa shape index (κ2) is 4.69. The van der Waals surface area contributed by atoms with E-state index in [9.17, 15) is 9.90 Å². The lowest BCUT2D eigenvalue weighted by Gasteiger charge is -2.50. The van der Waals surface area contributed by atoms with Gasteiger partial charge in [0, 0.05) is 0 Å². The lowest BCUT2D eigenvalue weighted by atomic mass is 9.55. The Kier molecular flexibility index (Phi) is 3.54. The summed E-state index contributed by atoms with van der Waals surface area (Å²) < 4.78 is 0. The van der Waals surface area contributed by atoms with Crippen LogP contribution in [0.1, 0.15) is 46.0 Å². The number of fused-ring (bicyclic) bond motifs is 1. The Morgan fingerprint density at radius 2 is 2.06 bits per heavy atom. The molecule has 0 saturated heterocycles. The number of aliphatic hydroxyl groups excluding tert-OH is 1. The van der Waals surface area contributed by atoms with E-state index in [0.717, 1.165) is 37.7 Å².